The topological polar surface area (TPSA) is 57.6 Å². The van der Waals surface area contributed by atoms with Crippen LogP contribution >= 0.6 is 0 Å². The summed E-state index contributed by atoms with van der Waals surface area (Å²) in [6.45, 7) is 0.429. The standard InChI is InChI=1S/C17H17NO3/c1-18(15(19)17(8-9-17)16(20)21)11-12-6-7-13-4-2-3-5-14(13)10-12/h2-7,10H,8-9,11H2,1H3,(H,20,21). The van der Waals surface area contributed by atoms with Crippen LogP contribution in [0, 0.1) is 5.41 Å². The third-order valence-electron chi connectivity index (χ3n) is 4.15. The first-order valence-electron chi connectivity index (χ1n) is 6.99. The number of amides is 1. The van der Waals surface area contributed by atoms with Gasteiger partial charge in [-0.3, -0.25) is 9.59 Å². The van der Waals surface area contributed by atoms with E-state index in [0.717, 1.165) is 16.3 Å². The Labute approximate surface area is 123 Å². The highest BCUT2D eigenvalue weighted by Crippen LogP contribution is 2.47. The molecule has 1 amide bonds. The van der Waals surface area contributed by atoms with Gasteiger partial charge in [-0.2, -0.15) is 0 Å². The molecule has 0 aromatic heterocycles. The zero-order chi connectivity index (χ0) is 15.0. The number of aliphatic carboxylic acids is 1. The van der Waals surface area contributed by atoms with Crippen LogP contribution in [0.25, 0.3) is 10.8 Å². The fraction of sp³-hybridized carbons (Fsp3) is 0.294. The molecule has 0 spiro atoms. The molecule has 2 aromatic rings. The SMILES string of the molecule is CN(Cc1ccc2ccccc2c1)C(=O)C1(C(=O)O)CC1. The van der Waals surface area contributed by atoms with Crippen LogP contribution in [0.2, 0.25) is 0 Å². The highest BCUT2D eigenvalue weighted by atomic mass is 16.4. The highest BCUT2D eigenvalue weighted by Gasteiger charge is 2.58. The number of benzene rings is 2. The summed E-state index contributed by atoms with van der Waals surface area (Å²) >= 11 is 0. The normalized spacial score (nSPS) is 15.7. The van der Waals surface area contributed by atoms with Crippen LogP contribution in [0.4, 0.5) is 0 Å². The second-order valence-corrected chi connectivity index (χ2v) is 5.73. The van der Waals surface area contributed by atoms with Gasteiger partial charge in [-0.15, -0.1) is 0 Å². The minimum absolute atomic E-state index is 0.289. The summed E-state index contributed by atoms with van der Waals surface area (Å²) in [7, 11) is 1.67. The number of carbonyl (C=O) groups excluding carboxylic acids is 1. The van der Waals surface area contributed by atoms with Crippen molar-refractivity contribution >= 4 is 22.6 Å². The molecule has 0 unspecified atom stereocenters. The van der Waals surface area contributed by atoms with Crippen LogP contribution in [0.1, 0.15) is 18.4 Å². The van der Waals surface area contributed by atoms with Gasteiger partial charge in [-0.05, 0) is 35.2 Å². The molecule has 0 heterocycles. The molecule has 0 radical (unpaired) electrons. The maximum atomic E-state index is 12.3. The van der Waals surface area contributed by atoms with E-state index in [0.29, 0.717) is 19.4 Å². The summed E-state index contributed by atoms with van der Waals surface area (Å²) in [6.07, 6.45) is 0.895. The van der Waals surface area contributed by atoms with Crippen molar-refractivity contribution in [3.05, 3.63) is 48.0 Å². The second-order valence-electron chi connectivity index (χ2n) is 5.73. The first-order chi connectivity index (χ1) is 10.0. The van der Waals surface area contributed by atoms with Crippen LogP contribution in [-0.2, 0) is 16.1 Å². The fourth-order valence-electron chi connectivity index (χ4n) is 2.69. The summed E-state index contributed by atoms with van der Waals surface area (Å²) in [5, 5.41) is 11.5. The van der Waals surface area contributed by atoms with Gasteiger partial charge in [0.2, 0.25) is 5.91 Å². The van der Waals surface area contributed by atoms with E-state index in [1.807, 2.05) is 42.5 Å². The van der Waals surface area contributed by atoms with Gasteiger partial charge in [-0.1, -0.05) is 36.4 Å². The number of hydrogen-bond donors (Lipinski definition) is 1. The molecule has 2 aromatic carbocycles. The lowest BCUT2D eigenvalue weighted by molar-refractivity contribution is -0.153. The number of fused-ring (bicyclic) bond motifs is 1. The summed E-state index contributed by atoms with van der Waals surface area (Å²) in [6, 6.07) is 14.1. The Morgan fingerprint density at radius 3 is 2.43 bits per heavy atom. The molecule has 108 valence electrons. The minimum Gasteiger partial charge on any atom is -0.480 e. The maximum absolute atomic E-state index is 12.3. The predicted octanol–water partition coefficient (Wildman–Crippen LogP) is 2.66. The number of nitrogens with zero attached hydrogens (tertiary/aromatic N) is 1. The largest absolute Gasteiger partial charge is 0.480 e. The smallest absolute Gasteiger partial charge is 0.319 e. The van der Waals surface area contributed by atoms with Gasteiger partial charge >= 0.3 is 5.97 Å². The average Bonchev–Trinajstić information content (AvgIpc) is 3.28. The molecule has 0 aliphatic heterocycles. The van der Waals surface area contributed by atoms with E-state index in [4.69, 9.17) is 0 Å². The Bertz CT molecular complexity index is 719. The molecule has 1 aliphatic rings. The molecule has 1 N–H and O–H groups in total. The fourth-order valence-corrected chi connectivity index (χ4v) is 2.69. The van der Waals surface area contributed by atoms with Crippen LogP contribution in [-0.4, -0.2) is 28.9 Å². The van der Waals surface area contributed by atoms with E-state index in [2.05, 4.69) is 0 Å². The van der Waals surface area contributed by atoms with Crippen LogP contribution in [0.3, 0.4) is 0 Å². The Morgan fingerprint density at radius 1 is 1.14 bits per heavy atom. The van der Waals surface area contributed by atoms with Gasteiger partial charge in [0, 0.05) is 13.6 Å². The molecule has 1 aliphatic carbocycles. The molecule has 21 heavy (non-hydrogen) atoms. The van der Waals surface area contributed by atoms with Crippen molar-refractivity contribution in [1.82, 2.24) is 4.90 Å². The van der Waals surface area contributed by atoms with E-state index in [-0.39, 0.29) is 5.91 Å². The number of carboxylic acids is 1. The maximum Gasteiger partial charge on any atom is 0.319 e. The molecular weight excluding hydrogens is 266 g/mol. The number of rotatable bonds is 4. The summed E-state index contributed by atoms with van der Waals surface area (Å²) in [5.41, 5.74) is -0.156. The minimum atomic E-state index is -1.16. The van der Waals surface area contributed by atoms with Crippen LogP contribution < -0.4 is 0 Å². The van der Waals surface area contributed by atoms with Crippen molar-refractivity contribution < 1.29 is 14.7 Å². The molecule has 4 heteroatoms. The molecule has 4 nitrogen and oxygen atoms in total. The first kappa shape index (κ1) is 13.6. The van der Waals surface area contributed by atoms with Gasteiger partial charge in [0.05, 0.1) is 0 Å². The van der Waals surface area contributed by atoms with Crippen molar-refractivity contribution in [3.63, 3.8) is 0 Å². The van der Waals surface area contributed by atoms with Crippen molar-refractivity contribution in [2.75, 3.05) is 7.05 Å². The van der Waals surface area contributed by atoms with Crippen molar-refractivity contribution in [2.24, 2.45) is 5.41 Å². The molecule has 0 atom stereocenters. The molecule has 1 saturated carbocycles. The van der Waals surface area contributed by atoms with E-state index < -0.39 is 11.4 Å². The lowest BCUT2D eigenvalue weighted by Gasteiger charge is -2.21. The Morgan fingerprint density at radius 2 is 1.81 bits per heavy atom. The van der Waals surface area contributed by atoms with Gasteiger partial charge in [0.25, 0.3) is 0 Å². The quantitative estimate of drug-likeness (QED) is 0.878. The Kier molecular flexibility index (Phi) is 3.16. The second kappa shape index (κ2) is 4.88. The summed E-state index contributed by atoms with van der Waals surface area (Å²) < 4.78 is 0. The third-order valence-corrected chi connectivity index (χ3v) is 4.15. The van der Waals surface area contributed by atoms with E-state index >= 15 is 0 Å². The van der Waals surface area contributed by atoms with Gasteiger partial charge < -0.3 is 10.0 Å². The van der Waals surface area contributed by atoms with Crippen LogP contribution in [0.15, 0.2) is 42.5 Å². The molecule has 3 rings (SSSR count). The summed E-state index contributed by atoms with van der Waals surface area (Å²) in [4.78, 5) is 25.0. The zero-order valence-corrected chi connectivity index (χ0v) is 11.9. The number of carboxylic acid groups (broad SMARTS) is 1. The van der Waals surface area contributed by atoms with E-state index in [9.17, 15) is 14.7 Å². The lowest BCUT2D eigenvalue weighted by Crippen LogP contribution is -2.38. The number of carbonyl (C=O) groups is 2. The average molecular weight is 283 g/mol. The van der Waals surface area contributed by atoms with Crippen molar-refractivity contribution in [1.29, 1.82) is 0 Å². The van der Waals surface area contributed by atoms with Crippen molar-refractivity contribution in [3.8, 4) is 0 Å². The van der Waals surface area contributed by atoms with Gasteiger partial charge in [0.1, 0.15) is 5.41 Å². The Balaban J connectivity index is 1.78. The molecule has 1 fully saturated rings. The van der Waals surface area contributed by atoms with Crippen molar-refractivity contribution in [2.45, 2.75) is 19.4 Å². The molecular formula is C17H17NO3. The van der Waals surface area contributed by atoms with E-state index in [1.54, 1.807) is 7.05 Å². The van der Waals surface area contributed by atoms with Gasteiger partial charge in [-0.25, -0.2) is 0 Å². The zero-order valence-electron chi connectivity index (χ0n) is 11.9. The highest BCUT2D eigenvalue weighted by molar-refractivity contribution is 6.04. The summed E-state index contributed by atoms with van der Waals surface area (Å²) in [5.74, 6) is -1.29. The third kappa shape index (κ3) is 2.37. The lowest BCUT2D eigenvalue weighted by atomic mass is 10.0. The first-order valence-corrected chi connectivity index (χ1v) is 6.99. The van der Waals surface area contributed by atoms with Crippen LogP contribution in [0.5, 0.6) is 0 Å². The Hall–Kier alpha value is -2.36. The van der Waals surface area contributed by atoms with E-state index in [1.165, 1.54) is 4.90 Å². The predicted molar refractivity (Wildman–Crippen MR) is 79.7 cm³/mol. The van der Waals surface area contributed by atoms with Gasteiger partial charge in [0.15, 0.2) is 0 Å². The molecule has 0 saturated heterocycles. The molecule has 0 bridgehead atoms. The monoisotopic (exact) mass is 283 g/mol. The number of hydrogen-bond acceptors (Lipinski definition) is 2.